The van der Waals surface area contributed by atoms with Crippen LogP contribution in [-0.4, -0.2) is 47.1 Å². The Morgan fingerprint density at radius 2 is 1.90 bits per heavy atom. The maximum Gasteiger partial charge on any atom is 0.407 e. The second-order valence-electron chi connectivity index (χ2n) is 5.79. The molecule has 2 amide bonds. The second kappa shape index (κ2) is 17.5. The van der Waals surface area contributed by atoms with Crippen molar-refractivity contribution in [3.8, 4) is 0 Å². The Morgan fingerprint density at radius 1 is 1.31 bits per heavy atom. The van der Waals surface area contributed by atoms with Crippen molar-refractivity contribution in [3.63, 3.8) is 0 Å². The van der Waals surface area contributed by atoms with Gasteiger partial charge in [-0.15, -0.1) is 0 Å². The number of aromatic amines is 1. The molecule has 7 nitrogen and oxygen atoms in total. The van der Waals surface area contributed by atoms with Gasteiger partial charge in [0.25, 0.3) is 0 Å². The molecule has 7 heteroatoms. The van der Waals surface area contributed by atoms with Gasteiger partial charge in [-0.05, 0) is 25.8 Å². The zero-order valence-corrected chi connectivity index (χ0v) is 19.5. The van der Waals surface area contributed by atoms with Crippen LogP contribution in [0.4, 0.5) is 4.79 Å². The van der Waals surface area contributed by atoms with Crippen LogP contribution < -0.4 is 5.32 Å². The standard InChI is InChI=1S/C17H26N4O3.C3H8.C2H6/c1-6-12(7-2)13-10-18-16(20-13)14(8-3)21(9-4)15(22)11-19-17(23)24-5;1-3-2;1-2/h6-7,10,14H,1,8-9,11H2,2-5H3,(H,18,20)(H,19,23);3H2,1-2H3;1-2H3/b12-7+;;. The number of alkyl carbamates (subject to hydrolysis) is 1. The third-order valence-electron chi connectivity index (χ3n) is 3.75. The van der Waals surface area contributed by atoms with Gasteiger partial charge in [0.2, 0.25) is 5.91 Å². The average Bonchev–Trinajstić information content (AvgIpc) is 3.22. The number of aromatic nitrogens is 2. The van der Waals surface area contributed by atoms with E-state index in [0.717, 1.165) is 11.3 Å². The monoisotopic (exact) mass is 408 g/mol. The average molecular weight is 409 g/mol. The van der Waals surface area contributed by atoms with Gasteiger partial charge in [-0.25, -0.2) is 9.78 Å². The van der Waals surface area contributed by atoms with Crippen LogP contribution in [0.1, 0.15) is 78.9 Å². The van der Waals surface area contributed by atoms with Crippen molar-refractivity contribution >= 4 is 17.6 Å². The first-order valence-corrected chi connectivity index (χ1v) is 10.4. The molecule has 0 saturated heterocycles. The molecule has 1 rings (SSSR count). The van der Waals surface area contributed by atoms with Crippen molar-refractivity contribution in [2.45, 2.75) is 67.3 Å². The summed E-state index contributed by atoms with van der Waals surface area (Å²) in [7, 11) is 1.26. The molecule has 1 atom stereocenters. The summed E-state index contributed by atoms with van der Waals surface area (Å²) in [4.78, 5) is 32.9. The molecule has 1 unspecified atom stereocenters. The molecule has 1 aromatic rings. The molecule has 0 aromatic carbocycles. The minimum Gasteiger partial charge on any atom is -0.453 e. The number of rotatable bonds is 8. The van der Waals surface area contributed by atoms with Gasteiger partial charge < -0.3 is 19.9 Å². The number of carbonyl (C=O) groups excluding carboxylic acids is 2. The Balaban J connectivity index is 0. The number of H-pyrrole nitrogens is 1. The van der Waals surface area contributed by atoms with Gasteiger partial charge in [0.1, 0.15) is 12.4 Å². The van der Waals surface area contributed by atoms with Gasteiger partial charge in [-0.2, -0.15) is 0 Å². The Labute approximate surface area is 176 Å². The molecule has 0 radical (unpaired) electrons. The fourth-order valence-corrected chi connectivity index (χ4v) is 2.49. The molecule has 0 spiro atoms. The number of hydrogen-bond acceptors (Lipinski definition) is 4. The Bertz CT molecular complexity index is 623. The molecule has 0 aliphatic heterocycles. The van der Waals surface area contributed by atoms with Crippen LogP contribution in [0.2, 0.25) is 0 Å². The first-order valence-electron chi connectivity index (χ1n) is 10.4. The van der Waals surface area contributed by atoms with Crippen LogP contribution in [0.3, 0.4) is 0 Å². The largest absolute Gasteiger partial charge is 0.453 e. The fourth-order valence-electron chi connectivity index (χ4n) is 2.49. The predicted molar refractivity (Wildman–Crippen MR) is 121 cm³/mol. The number of nitrogens with zero attached hydrogens (tertiary/aromatic N) is 2. The molecule has 2 N–H and O–H groups in total. The van der Waals surface area contributed by atoms with Crippen molar-refractivity contribution in [1.29, 1.82) is 0 Å². The molecule has 1 aromatic heterocycles. The van der Waals surface area contributed by atoms with E-state index in [1.54, 1.807) is 17.2 Å². The molecule has 0 aliphatic rings. The number of hydrogen-bond donors (Lipinski definition) is 2. The lowest BCUT2D eigenvalue weighted by Crippen LogP contribution is -2.42. The molecule has 0 aliphatic carbocycles. The number of ether oxygens (including phenoxy) is 1. The van der Waals surface area contributed by atoms with Crippen molar-refractivity contribution in [2.24, 2.45) is 0 Å². The second-order valence-corrected chi connectivity index (χ2v) is 5.79. The zero-order chi connectivity index (χ0) is 22.8. The van der Waals surface area contributed by atoms with Crippen LogP contribution >= 0.6 is 0 Å². The maximum absolute atomic E-state index is 12.4. The number of allylic oxidation sites excluding steroid dienone is 3. The van der Waals surface area contributed by atoms with E-state index in [9.17, 15) is 9.59 Å². The summed E-state index contributed by atoms with van der Waals surface area (Å²) in [5.41, 5.74) is 1.81. The summed E-state index contributed by atoms with van der Waals surface area (Å²) in [6, 6.07) is -0.196. The Kier molecular flexibility index (Phi) is 17.3. The molecule has 1 heterocycles. The van der Waals surface area contributed by atoms with E-state index in [1.807, 2.05) is 40.7 Å². The van der Waals surface area contributed by atoms with Gasteiger partial charge in [0, 0.05) is 6.54 Å². The maximum atomic E-state index is 12.4. The summed E-state index contributed by atoms with van der Waals surface area (Å²) in [6.07, 6.45) is 6.75. The molecule has 0 bridgehead atoms. The molecule has 29 heavy (non-hydrogen) atoms. The van der Waals surface area contributed by atoms with Gasteiger partial charge >= 0.3 is 6.09 Å². The van der Waals surface area contributed by atoms with E-state index in [4.69, 9.17) is 0 Å². The number of imidazole rings is 1. The number of methoxy groups -OCH3 is 1. The van der Waals surface area contributed by atoms with Crippen LogP contribution in [-0.2, 0) is 9.53 Å². The van der Waals surface area contributed by atoms with Crippen LogP contribution in [0.25, 0.3) is 5.57 Å². The number of likely N-dealkylation sites (N-methyl/N-ethyl adjacent to an activating group) is 1. The van der Waals surface area contributed by atoms with Crippen LogP contribution in [0.5, 0.6) is 0 Å². The van der Waals surface area contributed by atoms with Gasteiger partial charge in [-0.3, -0.25) is 4.79 Å². The lowest BCUT2D eigenvalue weighted by Gasteiger charge is -2.28. The van der Waals surface area contributed by atoms with E-state index in [2.05, 4.69) is 40.4 Å². The third-order valence-corrected chi connectivity index (χ3v) is 3.75. The van der Waals surface area contributed by atoms with E-state index >= 15 is 0 Å². The minimum absolute atomic E-state index is 0.114. The highest BCUT2D eigenvalue weighted by molar-refractivity contribution is 5.82. The lowest BCUT2D eigenvalue weighted by molar-refractivity contribution is -0.132. The third kappa shape index (κ3) is 9.96. The summed E-state index contributed by atoms with van der Waals surface area (Å²) >= 11 is 0. The first kappa shape index (κ1) is 28.6. The number of carbonyl (C=O) groups is 2. The Morgan fingerprint density at radius 3 is 2.31 bits per heavy atom. The smallest absolute Gasteiger partial charge is 0.407 e. The van der Waals surface area contributed by atoms with Crippen molar-refractivity contribution < 1.29 is 14.3 Å². The topological polar surface area (TPSA) is 87.3 Å². The van der Waals surface area contributed by atoms with E-state index < -0.39 is 6.09 Å². The Hall–Kier alpha value is -2.57. The summed E-state index contributed by atoms with van der Waals surface area (Å²) in [6.45, 7) is 18.2. The molecule has 0 saturated carbocycles. The molecular weight excluding hydrogens is 368 g/mol. The van der Waals surface area contributed by atoms with E-state index in [1.165, 1.54) is 13.5 Å². The van der Waals surface area contributed by atoms with Gasteiger partial charge in [-0.1, -0.05) is 59.8 Å². The highest BCUT2D eigenvalue weighted by atomic mass is 16.5. The zero-order valence-electron chi connectivity index (χ0n) is 19.5. The number of amides is 2. The SMILES string of the molecule is C=C/C(=C\C)c1cnc(C(CC)N(CC)C(=O)CNC(=O)OC)[nH]1.CC.CCC. The highest BCUT2D eigenvalue weighted by Crippen LogP contribution is 2.23. The van der Waals surface area contributed by atoms with Gasteiger partial charge in [0.05, 0.1) is 25.0 Å². The lowest BCUT2D eigenvalue weighted by atomic mass is 10.1. The summed E-state index contributed by atoms with van der Waals surface area (Å²) in [5.74, 6) is 0.518. The van der Waals surface area contributed by atoms with Crippen molar-refractivity contribution in [1.82, 2.24) is 20.2 Å². The van der Waals surface area contributed by atoms with Crippen LogP contribution in [0.15, 0.2) is 24.9 Å². The minimum atomic E-state index is -0.628. The highest BCUT2D eigenvalue weighted by Gasteiger charge is 2.25. The fraction of sp³-hybridized carbons (Fsp3) is 0.591. The molecule has 166 valence electrons. The molecule has 0 fully saturated rings. The first-order chi connectivity index (χ1) is 13.9. The summed E-state index contributed by atoms with van der Waals surface area (Å²) < 4.78 is 4.48. The summed E-state index contributed by atoms with van der Waals surface area (Å²) in [5, 5.41) is 2.41. The van der Waals surface area contributed by atoms with Crippen molar-refractivity contribution in [2.75, 3.05) is 20.2 Å². The van der Waals surface area contributed by atoms with Crippen molar-refractivity contribution in [3.05, 3.63) is 36.4 Å². The predicted octanol–water partition coefficient (Wildman–Crippen LogP) is 5.10. The van der Waals surface area contributed by atoms with Crippen LogP contribution in [0, 0.1) is 0 Å². The van der Waals surface area contributed by atoms with E-state index in [-0.39, 0.29) is 18.5 Å². The van der Waals surface area contributed by atoms with Gasteiger partial charge in [0.15, 0.2) is 0 Å². The quantitative estimate of drug-likeness (QED) is 0.586. The number of nitrogens with one attached hydrogen (secondary N) is 2. The van der Waals surface area contributed by atoms with E-state index in [0.29, 0.717) is 18.8 Å². The molecular formula is C22H40N4O3. The normalized spacial score (nSPS) is 11.1.